The Morgan fingerprint density at radius 1 is 0.941 bits per heavy atom. The molecule has 0 spiro atoms. The van der Waals surface area contributed by atoms with Crippen LogP contribution in [-0.2, 0) is 0 Å². The molecular weight excluding hydrogens is 206 g/mol. The second kappa shape index (κ2) is 6.80. The molecule has 1 heteroatoms. The van der Waals surface area contributed by atoms with Gasteiger partial charge in [-0.15, -0.1) is 0 Å². The van der Waals surface area contributed by atoms with Gasteiger partial charge < -0.3 is 5.32 Å². The van der Waals surface area contributed by atoms with Gasteiger partial charge in [0, 0.05) is 0 Å². The third-order valence-corrected chi connectivity index (χ3v) is 3.70. The van der Waals surface area contributed by atoms with Gasteiger partial charge in [-0.05, 0) is 42.0 Å². The summed E-state index contributed by atoms with van der Waals surface area (Å²) < 4.78 is 0. The Morgan fingerprint density at radius 3 is 1.94 bits per heavy atom. The Labute approximate surface area is 107 Å². The second-order valence-corrected chi connectivity index (χ2v) is 5.40. The Morgan fingerprint density at radius 2 is 1.47 bits per heavy atom. The average Bonchev–Trinajstić information content (AvgIpc) is 2.35. The van der Waals surface area contributed by atoms with Crippen molar-refractivity contribution < 1.29 is 0 Å². The van der Waals surface area contributed by atoms with Gasteiger partial charge in [0.15, 0.2) is 0 Å². The molecule has 0 aliphatic rings. The summed E-state index contributed by atoms with van der Waals surface area (Å²) >= 11 is 0. The normalized spacial score (nSPS) is 14.9. The van der Waals surface area contributed by atoms with Gasteiger partial charge in [-0.3, -0.25) is 0 Å². The Kier molecular flexibility index (Phi) is 5.70. The zero-order chi connectivity index (χ0) is 12.8. The molecule has 0 aliphatic heterocycles. The molecule has 1 aromatic carbocycles. The predicted molar refractivity (Wildman–Crippen MR) is 76.7 cm³/mol. The molecule has 0 aliphatic carbocycles. The summed E-state index contributed by atoms with van der Waals surface area (Å²) in [6.07, 6.45) is 0. The van der Waals surface area contributed by atoms with E-state index >= 15 is 0 Å². The van der Waals surface area contributed by atoms with Crippen molar-refractivity contribution in [3.63, 3.8) is 0 Å². The van der Waals surface area contributed by atoms with E-state index in [1.165, 1.54) is 11.1 Å². The SMILES string of the molecule is CCNCC(C)C(C)c1ccc(C(C)C)cc1. The molecule has 2 unspecified atom stereocenters. The number of nitrogens with one attached hydrogen (secondary N) is 1. The molecule has 0 saturated heterocycles. The lowest BCUT2D eigenvalue weighted by Crippen LogP contribution is -2.24. The van der Waals surface area contributed by atoms with Gasteiger partial charge in [0.25, 0.3) is 0 Å². The molecule has 96 valence electrons. The fraction of sp³-hybridized carbons (Fsp3) is 0.625. The Hall–Kier alpha value is -0.820. The molecule has 1 aromatic rings. The van der Waals surface area contributed by atoms with Gasteiger partial charge in [-0.2, -0.15) is 0 Å². The summed E-state index contributed by atoms with van der Waals surface area (Å²) in [5, 5.41) is 3.43. The standard InChI is InChI=1S/C16H27N/c1-6-17-11-13(4)14(5)16-9-7-15(8-10-16)12(2)3/h7-10,12-14,17H,6,11H2,1-5H3. The van der Waals surface area contributed by atoms with Crippen LogP contribution in [0.5, 0.6) is 0 Å². The molecule has 0 aromatic heterocycles. The number of hydrogen-bond donors (Lipinski definition) is 1. The topological polar surface area (TPSA) is 12.0 Å². The molecular formula is C16H27N. The molecule has 0 radical (unpaired) electrons. The first-order valence-corrected chi connectivity index (χ1v) is 6.86. The lowest BCUT2D eigenvalue weighted by Gasteiger charge is -2.21. The van der Waals surface area contributed by atoms with E-state index in [2.05, 4.69) is 64.2 Å². The fourth-order valence-corrected chi connectivity index (χ4v) is 2.06. The van der Waals surface area contributed by atoms with E-state index in [0.29, 0.717) is 17.8 Å². The van der Waals surface area contributed by atoms with Crippen molar-refractivity contribution in [1.82, 2.24) is 5.32 Å². The van der Waals surface area contributed by atoms with Gasteiger partial charge in [-0.25, -0.2) is 0 Å². The van der Waals surface area contributed by atoms with E-state index in [-0.39, 0.29) is 0 Å². The zero-order valence-electron chi connectivity index (χ0n) is 12.0. The van der Waals surface area contributed by atoms with Gasteiger partial charge >= 0.3 is 0 Å². The van der Waals surface area contributed by atoms with Crippen molar-refractivity contribution in [2.45, 2.75) is 46.5 Å². The van der Waals surface area contributed by atoms with E-state index in [4.69, 9.17) is 0 Å². The molecule has 0 saturated carbocycles. The lowest BCUT2D eigenvalue weighted by atomic mass is 9.87. The van der Waals surface area contributed by atoms with E-state index in [1.54, 1.807) is 0 Å². The van der Waals surface area contributed by atoms with E-state index in [0.717, 1.165) is 13.1 Å². The highest BCUT2D eigenvalue weighted by molar-refractivity contribution is 5.27. The summed E-state index contributed by atoms with van der Waals surface area (Å²) in [5.41, 5.74) is 2.89. The second-order valence-electron chi connectivity index (χ2n) is 5.40. The number of benzene rings is 1. The van der Waals surface area contributed by atoms with Crippen molar-refractivity contribution in [2.24, 2.45) is 5.92 Å². The van der Waals surface area contributed by atoms with Crippen LogP contribution in [0.25, 0.3) is 0 Å². The molecule has 1 N–H and O–H groups in total. The number of hydrogen-bond acceptors (Lipinski definition) is 1. The van der Waals surface area contributed by atoms with Crippen LogP contribution >= 0.6 is 0 Å². The van der Waals surface area contributed by atoms with Crippen LogP contribution in [0.2, 0.25) is 0 Å². The van der Waals surface area contributed by atoms with Crippen molar-refractivity contribution >= 4 is 0 Å². The monoisotopic (exact) mass is 233 g/mol. The summed E-state index contributed by atoms with van der Waals surface area (Å²) in [6, 6.07) is 9.14. The molecule has 0 bridgehead atoms. The Balaban J connectivity index is 2.65. The maximum Gasteiger partial charge on any atom is -0.00175 e. The minimum Gasteiger partial charge on any atom is -0.317 e. The highest BCUT2D eigenvalue weighted by Crippen LogP contribution is 2.25. The van der Waals surface area contributed by atoms with Crippen LogP contribution in [0, 0.1) is 5.92 Å². The largest absolute Gasteiger partial charge is 0.317 e. The molecule has 2 atom stereocenters. The van der Waals surface area contributed by atoms with E-state index in [9.17, 15) is 0 Å². The first-order valence-electron chi connectivity index (χ1n) is 6.86. The van der Waals surface area contributed by atoms with Gasteiger partial charge in [-0.1, -0.05) is 58.9 Å². The van der Waals surface area contributed by atoms with Crippen molar-refractivity contribution in [3.8, 4) is 0 Å². The Bertz CT molecular complexity index is 313. The first kappa shape index (κ1) is 14.2. The van der Waals surface area contributed by atoms with Crippen molar-refractivity contribution in [1.29, 1.82) is 0 Å². The van der Waals surface area contributed by atoms with E-state index in [1.807, 2.05) is 0 Å². The quantitative estimate of drug-likeness (QED) is 0.778. The van der Waals surface area contributed by atoms with Crippen LogP contribution in [0.4, 0.5) is 0 Å². The molecule has 0 heterocycles. The first-order chi connectivity index (χ1) is 8.06. The minimum absolute atomic E-state index is 0.621. The minimum atomic E-state index is 0.621. The van der Waals surface area contributed by atoms with Gasteiger partial charge in [0.2, 0.25) is 0 Å². The maximum absolute atomic E-state index is 3.43. The van der Waals surface area contributed by atoms with Crippen LogP contribution in [-0.4, -0.2) is 13.1 Å². The van der Waals surface area contributed by atoms with E-state index < -0.39 is 0 Å². The van der Waals surface area contributed by atoms with Crippen LogP contribution < -0.4 is 5.32 Å². The van der Waals surface area contributed by atoms with Crippen molar-refractivity contribution in [2.75, 3.05) is 13.1 Å². The third-order valence-electron chi connectivity index (χ3n) is 3.70. The van der Waals surface area contributed by atoms with Gasteiger partial charge in [0.05, 0.1) is 0 Å². The number of rotatable bonds is 6. The summed E-state index contributed by atoms with van der Waals surface area (Å²) in [5.74, 6) is 1.92. The van der Waals surface area contributed by atoms with Crippen LogP contribution in [0.3, 0.4) is 0 Å². The third kappa shape index (κ3) is 4.16. The highest BCUT2D eigenvalue weighted by atomic mass is 14.8. The molecule has 1 rings (SSSR count). The molecule has 0 amide bonds. The predicted octanol–water partition coefficient (Wildman–Crippen LogP) is 4.16. The van der Waals surface area contributed by atoms with Gasteiger partial charge in [0.1, 0.15) is 0 Å². The summed E-state index contributed by atoms with van der Waals surface area (Å²) in [4.78, 5) is 0. The smallest absolute Gasteiger partial charge is 0.00175 e. The highest BCUT2D eigenvalue weighted by Gasteiger charge is 2.13. The maximum atomic E-state index is 3.43. The van der Waals surface area contributed by atoms with Crippen LogP contribution in [0.1, 0.15) is 57.6 Å². The molecule has 17 heavy (non-hydrogen) atoms. The van der Waals surface area contributed by atoms with Crippen molar-refractivity contribution in [3.05, 3.63) is 35.4 Å². The summed E-state index contributed by atoms with van der Waals surface area (Å²) in [6.45, 7) is 13.5. The fourth-order valence-electron chi connectivity index (χ4n) is 2.06. The lowest BCUT2D eigenvalue weighted by molar-refractivity contribution is 0.454. The van der Waals surface area contributed by atoms with Crippen LogP contribution in [0.15, 0.2) is 24.3 Å². The average molecular weight is 233 g/mol. The summed E-state index contributed by atoms with van der Waals surface area (Å²) in [7, 11) is 0. The zero-order valence-corrected chi connectivity index (χ0v) is 12.0. The molecule has 0 fully saturated rings. The molecule has 1 nitrogen and oxygen atoms in total.